The molecule has 0 radical (unpaired) electrons. The van der Waals surface area contributed by atoms with Gasteiger partial charge in [0, 0.05) is 35.4 Å². The molecule has 0 saturated carbocycles. The van der Waals surface area contributed by atoms with Gasteiger partial charge in [-0.1, -0.05) is 0 Å². The van der Waals surface area contributed by atoms with Crippen LogP contribution in [0.4, 0.5) is 10.5 Å². The number of hydrogen-bond donors (Lipinski definition) is 0. The number of thioether (sulfide) groups is 1. The van der Waals surface area contributed by atoms with E-state index in [0.29, 0.717) is 18.3 Å². The monoisotopic (exact) mass is 310 g/mol. The van der Waals surface area contributed by atoms with Gasteiger partial charge in [0.15, 0.2) is 0 Å². The van der Waals surface area contributed by atoms with Crippen molar-refractivity contribution in [2.24, 2.45) is 0 Å². The van der Waals surface area contributed by atoms with Crippen LogP contribution in [-0.2, 0) is 4.74 Å². The van der Waals surface area contributed by atoms with Gasteiger partial charge in [-0.25, -0.2) is 4.79 Å². The quantitative estimate of drug-likeness (QED) is 0.632. The Hall–Kier alpha value is -1.76. The molecule has 1 aliphatic heterocycles. The van der Waals surface area contributed by atoms with Crippen molar-refractivity contribution in [3.05, 3.63) is 34.4 Å². The number of carbonyl (C=O) groups excluding carboxylic acids is 1. The minimum absolute atomic E-state index is 0.0864. The normalized spacial score (nSPS) is 15.5. The van der Waals surface area contributed by atoms with Crippen molar-refractivity contribution >= 4 is 23.5 Å². The van der Waals surface area contributed by atoms with E-state index in [-0.39, 0.29) is 11.8 Å². The van der Waals surface area contributed by atoms with Crippen LogP contribution < -0.4 is 0 Å². The molecule has 114 valence electrons. The molecule has 0 spiro atoms. The Morgan fingerprint density at radius 3 is 2.38 bits per heavy atom. The molecule has 0 aromatic heterocycles. The molecule has 6 nitrogen and oxygen atoms in total. The highest BCUT2D eigenvalue weighted by Gasteiger charge is 2.34. The Labute approximate surface area is 127 Å². The number of hydrogen-bond acceptors (Lipinski definition) is 5. The summed E-state index contributed by atoms with van der Waals surface area (Å²) in [5.74, 6) is 0. The topological polar surface area (TPSA) is 72.7 Å². The van der Waals surface area contributed by atoms with Crippen LogP contribution in [0.15, 0.2) is 29.2 Å². The maximum absolute atomic E-state index is 11.8. The Morgan fingerprint density at radius 2 is 1.90 bits per heavy atom. The first-order chi connectivity index (χ1) is 9.74. The second kappa shape index (κ2) is 5.93. The molecule has 21 heavy (non-hydrogen) atoms. The van der Waals surface area contributed by atoms with E-state index in [2.05, 4.69) is 0 Å². The molecule has 1 saturated heterocycles. The summed E-state index contributed by atoms with van der Waals surface area (Å²) in [6.07, 6.45) is -0.289. The summed E-state index contributed by atoms with van der Waals surface area (Å²) in [7, 11) is 0. The summed E-state index contributed by atoms with van der Waals surface area (Å²) in [4.78, 5) is 24.6. The van der Waals surface area contributed by atoms with Crippen LogP contribution in [0, 0.1) is 10.1 Å². The van der Waals surface area contributed by atoms with Crippen LogP contribution in [0.5, 0.6) is 0 Å². The summed E-state index contributed by atoms with van der Waals surface area (Å²) in [6.45, 7) is 6.79. The van der Waals surface area contributed by atoms with Crippen LogP contribution in [-0.4, -0.2) is 39.9 Å². The summed E-state index contributed by atoms with van der Waals surface area (Å²) >= 11 is 1.62. The smallest absolute Gasteiger partial charge is 0.410 e. The zero-order valence-electron chi connectivity index (χ0n) is 12.2. The Morgan fingerprint density at radius 1 is 1.33 bits per heavy atom. The maximum atomic E-state index is 11.8. The van der Waals surface area contributed by atoms with Gasteiger partial charge < -0.3 is 9.64 Å². The summed E-state index contributed by atoms with van der Waals surface area (Å²) in [6, 6.07) is 6.46. The van der Waals surface area contributed by atoms with Crippen molar-refractivity contribution in [2.75, 3.05) is 13.1 Å². The standard InChI is InChI=1S/C14H18N2O4S/c1-14(2,3)20-13(17)15-8-12(9-15)21-11-6-4-10(5-7-11)16(18)19/h4-7,12H,8-9H2,1-3H3. The molecule has 2 rings (SSSR count). The van der Waals surface area contributed by atoms with Crippen LogP contribution in [0.25, 0.3) is 0 Å². The minimum Gasteiger partial charge on any atom is -0.444 e. The lowest BCUT2D eigenvalue weighted by atomic mass is 10.2. The molecule has 0 aliphatic carbocycles. The second-order valence-electron chi connectivity index (χ2n) is 5.88. The number of nitrogens with zero attached hydrogens (tertiary/aromatic N) is 2. The van der Waals surface area contributed by atoms with E-state index in [0.717, 1.165) is 4.90 Å². The molecule has 1 heterocycles. The van der Waals surface area contributed by atoms with E-state index < -0.39 is 10.5 Å². The van der Waals surface area contributed by atoms with Gasteiger partial charge in [0.25, 0.3) is 5.69 Å². The number of carbonyl (C=O) groups is 1. The summed E-state index contributed by atoms with van der Waals surface area (Å²) < 4.78 is 5.29. The summed E-state index contributed by atoms with van der Waals surface area (Å²) in [5.41, 5.74) is -0.392. The first-order valence-corrected chi connectivity index (χ1v) is 7.51. The molecule has 0 bridgehead atoms. The number of rotatable bonds is 3. The molecule has 0 atom stereocenters. The Bertz CT molecular complexity index is 533. The fourth-order valence-electron chi connectivity index (χ4n) is 1.83. The SMILES string of the molecule is CC(C)(C)OC(=O)N1CC(Sc2ccc([N+](=O)[O-])cc2)C1. The van der Waals surface area contributed by atoms with Crippen LogP contribution >= 0.6 is 11.8 Å². The molecule has 1 fully saturated rings. The first kappa shape index (κ1) is 15.6. The molecular formula is C14H18N2O4S. The molecule has 1 aliphatic rings. The zero-order valence-corrected chi connectivity index (χ0v) is 13.1. The third-order valence-electron chi connectivity index (χ3n) is 2.85. The predicted molar refractivity (Wildman–Crippen MR) is 80.5 cm³/mol. The van der Waals surface area contributed by atoms with Crippen molar-refractivity contribution in [3.8, 4) is 0 Å². The molecule has 0 N–H and O–H groups in total. The number of nitro benzene ring substituents is 1. The van der Waals surface area contributed by atoms with Crippen LogP contribution in [0.2, 0.25) is 0 Å². The minimum atomic E-state index is -0.478. The highest BCUT2D eigenvalue weighted by molar-refractivity contribution is 8.00. The highest BCUT2D eigenvalue weighted by Crippen LogP contribution is 2.31. The van der Waals surface area contributed by atoms with E-state index in [1.165, 1.54) is 12.1 Å². The first-order valence-electron chi connectivity index (χ1n) is 6.63. The van der Waals surface area contributed by atoms with Gasteiger partial charge in [0.1, 0.15) is 5.60 Å². The van der Waals surface area contributed by atoms with Gasteiger partial charge in [-0.3, -0.25) is 10.1 Å². The third kappa shape index (κ3) is 4.35. The molecule has 1 aromatic carbocycles. The van der Waals surface area contributed by atoms with E-state index in [4.69, 9.17) is 4.74 Å². The second-order valence-corrected chi connectivity index (χ2v) is 7.25. The van der Waals surface area contributed by atoms with E-state index >= 15 is 0 Å². The molecule has 0 unspecified atom stereocenters. The number of benzene rings is 1. The van der Waals surface area contributed by atoms with Crippen molar-refractivity contribution in [1.82, 2.24) is 4.90 Å². The number of likely N-dealkylation sites (tertiary alicyclic amines) is 1. The van der Waals surface area contributed by atoms with Crippen LogP contribution in [0.1, 0.15) is 20.8 Å². The van der Waals surface area contributed by atoms with Crippen molar-refractivity contribution < 1.29 is 14.5 Å². The van der Waals surface area contributed by atoms with Crippen molar-refractivity contribution in [1.29, 1.82) is 0 Å². The largest absolute Gasteiger partial charge is 0.444 e. The van der Waals surface area contributed by atoms with Crippen LogP contribution in [0.3, 0.4) is 0 Å². The van der Waals surface area contributed by atoms with Crippen molar-refractivity contribution in [3.63, 3.8) is 0 Å². The number of nitro groups is 1. The fraction of sp³-hybridized carbons (Fsp3) is 0.500. The Balaban J connectivity index is 1.80. The Kier molecular flexibility index (Phi) is 4.41. The maximum Gasteiger partial charge on any atom is 0.410 e. The van der Waals surface area contributed by atoms with Gasteiger partial charge in [-0.2, -0.15) is 0 Å². The molecule has 1 amide bonds. The third-order valence-corrected chi connectivity index (χ3v) is 4.03. The van der Waals surface area contributed by atoms with E-state index in [1.807, 2.05) is 20.8 Å². The predicted octanol–water partition coefficient (Wildman–Crippen LogP) is 3.31. The average molecular weight is 310 g/mol. The fourth-order valence-corrected chi connectivity index (χ4v) is 3.01. The van der Waals surface area contributed by atoms with Gasteiger partial charge in [-0.05, 0) is 32.9 Å². The van der Waals surface area contributed by atoms with Gasteiger partial charge in [-0.15, -0.1) is 11.8 Å². The lowest BCUT2D eigenvalue weighted by Gasteiger charge is -2.39. The molecular weight excluding hydrogens is 292 g/mol. The number of ether oxygens (including phenoxy) is 1. The lowest BCUT2D eigenvalue weighted by molar-refractivity contribution is -0.384. The average Bonchev–Trinajstić information content (AvgIpc) is 2.31. The highest BCUT2D eigenvalue weighted by atomic mass is 32.2. The lowest BCUT2D eigenvalue weighted by Crippen LogP contribution is -2.53. The number of non-ortho nitro benzene ring substituents is 1. The van der Waals surface area contributed by atoms with E-state index in [9.17, 15) is 14.9 Å². The van der Waals surface area contributed by atoms with Gasteiger partial charge in [0.05, 0.1) is 4.92 Å². The molecule has 1 aromatic rings. The van der Waals surface area contributed by atoms with Gasteiger partial charge in [0.2, 0.25) is 0 Å². The molecule has 7 heteroatoms. The van der Waals surface area contributed by atoms with Crippen molar-refractivity contribution in [2.45, 2.75) is 36.5 Å². The number of amides is 1. The van der Waals surface area contributed by atoms with Gasteiger partial charge >= 0.3 is 6.09 Å². The summed E-state index contributed by atoms with van der Waals surface area (Å²) in [5, 5.41) is 10.9. The van der Waals surface area contributed by atoms with E-state index in [1.54, 1.807) is 28.8 Å². The zero-order chi connectivity index (χ0) is 15.6.